The third-order valence-electron chi connectivity index (χ3n) is 4.59. The van der Waals surface area contributed by atoms with Crippen LogP contribution in [-0.2, 0) is 6.18 Å². The van der Waals surface area contributed by atoms with Gasteiger partial charge in [0.05, 0.1) is 11.6 Å². The fraction of sp³-hybridized carbons (Fsp3) is 0.389. The summed E-state index contributed by atoms with van der Waals surface area (Å²) in [5.74, 6) is 1.20. The maximum atomic E-state index is 13.1. The molecule has 0 saturated carbocycles. The molecule has 0 aliphatic heterocycles. The van der Waals surface area contributed by atoms with E-state index in [1.807, 2.05) is 32.8 Å². The molecule has 1 unspecified atom stereocenters. The number of fused-ring (bicyclic) bond motifs is 1. The van der Waals surface area contributed by atoms with Crippen LogP contribution in [0, 0.1) is 13.8 Å². The summed E-state index contributed by atoms with van der Waals surface area (Å²) in [6.45, 7) is 4.19. The molecule has 0 spiro atoms. The molecule has 3 aromatic rings. The second-order valence-electron chi connectivity index (χ2n) is 6.63. The van der Waals surface area contributed by atoms with Gasteiger partial charge >= 0.3 is 6.18 Å². The maximum absolute atomic E-state index is 13.1. The van der Waals surface area contributed by atoms with E-state index >= 15 is 0 Å². The van der Waals surface area contributed by atoms with Crippen molar-refractivity contribution >= 4 is 11.6 Å². The lowest BCUT2D eigenvalue weighted by Crippen LogP contribution is -2.28. The van der Waals surface area contributed by atoms with Crippen LogP contribution < -0.4 is 5.32 Å². The average molecular weight is 378 g/mol. The molecule has 0 radical (unpaired) electrons. The van der Waals surface area contributed by atoms with E-state index in [1.54, 1.807) is 10.6 Å². The zero-order chi connectivity index (χ0) is 19.8. The first-order valence-corrected chi connectivity index (χ1v) is 8.43. The molecule has 6 nitrogen and oxygen atoms in total. The number of benzene rings is 1. The highest BCUT2D eigenvalue weighted by molar-refractivity contribution is 5.52. The highest BCUT2D eigenvalue weighted by Gasteiger charge is 2.31. The number of nitrogens with zero attached hydrogens (tertiary/aromatic N) is 5. The molecule has 2 aromatic heterocycles. The average Bonchev–Trinajstić information content (AvgIpc) is 3.05. The summed E-state index contributed by atoms with van der Waals surface area (Å²) in [6.07, 6.45) is -2.95. The van der Waals surface area contributed by atoms with Crippen LogP contribution in [0.2, 0.25) is 0 Å². The topological polar surface area (TPSA) is 58.4 Å². The zero-order valence-corrected chi connectivity index (χ0v) is 15.5. The Morgan fingerprint density at radius 3 is 2.63 bits per heavy atom. The van der Waals surface area contributed by atoms with Crippen molar-refractivity contribution in [3.05, 3.63) is 53.0 Å². The second-order valence-corrected chi connectivity index (χ2v) is 6.63. The van der Waals surface area contributed by atoms with E-state index in [9.17, 15) is 13.2 Å². The van der Waals surface area contributed by atoms with Gasteiger partial charge < -0.3 is 10.2 Å². The lowest BCUT2D eigenvalue weighted by molar-refractivity contribution is -0.137. The minimum absolute atomic E-state index is 0.265. The van der Waals surface area contributed by atoms with Crippen molar-refractivity contribution in [2.45, 2.75) is 26.1 Å². The van der Waals surface area contributed by atoms with E-state index in [-0.39, 0.29) is 6.04 Å². The number of hydrogen-bond donors (Lipinski definition) is 1. The Morgan fingerprint density at radius 2 is 1.96 bits per heavy atom. The molecule has 3 rings (SSSR count). The van der Waals surface area contributed by atoms with Gasteiger partial charge in [-0.3, -0.25) is 0 Å². The molecule has 144 valence electrons. The van der Waals surface area contributed by atoms with Crippen LogP contribution in [0.25, 0.3) is 5.78 Å². The van der Waals surface area contributed by atoms with Crippen molar-refractivity contribution in [1.29, 1.82) is 0 Å². The fourth-order valence-electron chi connectivity index (χ4n) is 2.96. The summed E-state index contributed by atoms with van der Waals surface area (Å²) in [7, 11) is 3.67. The molecule has 0 amide bonds. The third-order valence-corrected chi connectivity index (χ3v) is 4.59. The molecular formula is C18H21F3N6. The van der Waals surface area contributed by atoms with E-state index < -0.39 is 11.7 Å². The summed E-state index contributed by atoms with van der Waals surface area (Å²) in [5.41, 5.74) is 1.66. The molecule has 9 heteroatoms. The highest BCUT2D eigenvalue weighted by Crippen LogP contribution is 2.31. The summed E-state index contributed by atoms with van der Waals surface area (Å²) >= 11 is 0. The Bertz CT molecular complexity index is 948. The number of hydrogen-bond acceptors (Lipinski definition) is 5. The lowest BCUT2D eigenvalue weighted by atomic mass is 10.0. The molecule has 0 aliphatic rings. The van der Waals surface area contributed by atoms with E-state index in [0.29, 0.717) is 17.9 Å². The Morgan fingerprint density at radius 1 is 1.22 bits per heavy atom. The van der Waals surface area contributed by atoms with Crippen molar-refractivity contribution in [1.82, 2.24) is 24.5 Å². The molecule has 0 aliphatic carbocycles. The molecule has 1 atom stereocenters. The molecule has 1 aromatic carbocycles. The smallest absolute Gasteiger partial charge is 0.368 e. The van der Waals surface area contributed by atoms with Crippen LogP contribution in [-0.4, -0.2) is 45.1 Å². The van der Waals surface area contributed by atoms with Gasteiger partial charge in [0.25, 0.3) is 5.78 Å². The Hall–Kier alpha value is -2.68. The van der Waals surface area contributed by atoms with Crippen molar-refractivity contribution in [3.8, 4) is 0 Å². The van der Waals surface area contributed by atoms with Crippen LogP contribution in [0.5, 0.6) is 0 Å². The highest BCUT2D eigenvalue weighted by atomic mass is 19.4. The number of rotatable bonds is 5. The minimum Gasteiger partial charge on any atom is -0.368 e. The number of nitrogens with one attached hydrogen (secondary N) is 1. The largest absolute Gasteiger partial charge is 0.416 e. The monoisotopic (exact) mass is 378 g/mol. The van der Waals surface area contributed by atoms with Crippen molar-refractivity contribution in [3.63, 3.8) is 0 Å². The van der Waals surface area contributed by atoms with Crippen LogP contribution in [0.1, 0.15) is 28.4 Å². The van der Waals surface area contributed by atoms with Gasteiger partial charge in [0.2, 0.25) is 0 Å². The van der Waals surface area contributed by atoms with Gasteiger partial charge in [-0.2, -0.15) is 27.8 Å². The summed E-state index contributed by atoms with van der Waals surface area (Å²) in [4.78, 5) is 10.4. The van der Waals surface area contributed by atoms with Crippen LogP contribution in [0.4, 0.5) is 19.0 Å². The number of anilines is 1. The summed E-state index contributed by atoms with van der Waals surface area (Å²) < 4.78 is 40.8. The number of likely N-dealkylation sites (N-methyl/N-ethyl adjacent to an activating group) is 1. The SMILES string of the molecule is Cc1nc2ncnn2c(NCC(c2cccc(C(F)(F)F)c2)N(C)C)c1C. The Balaban J connectivity index is 1.91. The maximum Gasteiger partial charge on any atom is 0.416 e. The lowest BCUT2D eigenvalue weighted by Gasteiger charge is -2.26. The second kappa shape index (κ2) is 7.15. The third kappa shape index (κ3) is 3.87. The van der Waals surface area contributed by atoms with Gasteiger partial charge in [-0.1, -0.05) is 12.1 Å². The van der Waals surface area contributed by atoms with Crippen LogP contribution >= 0.6 is 0 Å². The first-order chi connectivity index (χ1) is 12.7. The van der Waals surface area contributed by atoms with Gasteiger partial charge in [0, 0.05) is 17.8 Å². The van der Waals surface area contributed by atoms with Gasteiger partial charge in [-0.15, -0.1) is 0 Å². The van der Waals surface area contributed by atoms with Gasteiger partial charge in [0.1, 0.15) is 12.1 Å². The van der Waals surface area contributed by atoms with Crippen molar-refractivity contribution in [2.24, 2.45) is 0 Å². The standard InChI is InChI=1S/C18H21F3N6/c1-11-12(2)25-17-23-10-24-27(17)16(11)22-9-15(26(3)4)13-6-5-7-14(8-13)18(19,20)21/h5-8,10,15,22H,9H2,1-4H3. The Labute approximate surface area is 155 Å². The number of halogens is 3. The van der Waals surface area contributed by atoms with Crippen molar-refractivity contribution < 1.29 is 13.2 Å². The Kier molecular flexibility index (Phi) is 5.05. The summed E-state index contributed by atoms with van der Waals surface area (Å²) in [5, 5.41) is 7.50. The molecule has 0 fully saturated rings. The molecule has 2 heterocycles. The predicted octanol–water partition coefficient (Wildman–Crippen LogP) is 3.47. The molecule has 1 N–H and O–H groups in total. The van der Waals surface area contributed by atoms with Crippen molar-refractivity contribution in [2.75, 3.05) is 26.0 Å². The first-order valence-electron chi connectivity index (χ1n) is 8.43. The molecular weight excluding hydrogens is 357 g/mol. The van der Waals surface area contributed by atoms with E-state index in [1.165, 1.54) is 18.5 Å². The number of alkyl halides is 3. The molecule has 27 heavy (non-hydrogen) atoms. The van der Waals surface area contributed by atoms with E-state index in [2.05, 4.69) is 20.4 Å². The number of aromatic nitrogens is 4. The first kappa shape index (κ1) is 19.1. The number of aryl methyl sites for hydroxylation is 1. The van der Waals surface area contributed by atoms with E-state index in [0.717, 1.165) is 23.1 Å². The zero-order valence-electron chi connectivity index (χ0n) is 15.5. The van der Waals surface area contributed by atoms with Crippen LogP contribution in [0.3, 0.4) is 0 Å². The quantitative estimate of drug-likeness (QED) is 0.737. The summed E-state index contributed by atoms with van der Waals surface area (Å²) in [6, 6.07) is 5.16. The van der Waals surface area contributed by atoms with E-state index in [4.69, 9.17) is 0 Å². The van der Waals surface area contributed by atoms with Gasteiger partial charge in [0.15, 0.2) is 0 Å². The normalized spacial score (nSPS) is 13.3. The van der Waals surface area contributed by atoms with Gasteiger partial charge in [-0.05, 0) is 45.6 Å². The predicted molar refractivity (Wildman–Crippen MR) is 96.6 cm³/mol. The molecule has 0 saturated heterocycles. The van der Waals surface area contributed by atoms with Gasteiger partial charge in [-0.25, -0.2) is 4.98 Å². The fourth-order valence-corrected chi connectivity index (χ4v) is 2.96. The van der Waals surface area contributed by atoms with Crippen LogP contribution in [0.15, 0.2) is 30.6 Å². The minimum atomic E-state index is -4.37. The molecule has 0 bridgehead atoms.